The smallest absolute Gasteiger partial charge is 0.219 e. The fourth-order valence-corrected chi connectivity index (χ4v) is 4.15. The number of amides is 1. The van der Waals surface area contributed by atoms with E-state index in [0.29, 0.717) is 17.9 Å². The van der Waals surface area contributed by atoms with Crippen molar-refractivity contribution in [1.82, 2.24) is 19.9 Å². The summed E-state index contributed by atoms with van der Waals surface area (Å²) in [5.41, 5.74) is 0.887. The van der Waals surface area contributed by atoms with Crippen molar-refractivity contribution in [2.75, 3.05) is 25.0 Å². The zero-order chi connectivity index (χ0) is 15.3. The minimum absolute atomic E-state index is 0.212. The predicted octanol–water partition coefficient (Wildman–Crippen LogP) is 1.65. The lowest BCUT2D eigenvalue weighted by atomic mass is 10.0. The highest BCUT2D eigenvalue weighted by molar-refractivity contribution is 5.87. The van der Waals surface area contributed by atoms with E-state index in [1.54, 1.807) is 13.3 Å². The van der Waals surface area contributed by atoms with E-state index in [9.17, 15) is 4.79 Å². The third-order valence-electron chi connectivity index (χ3n) is 5.39. The normalized spacial score (nSPS) is 27.4. The Kier molecular flexibility index (Phi) is 3.06. The van der Waals surface area contributed by atoms with Crippen molar-refractivity contribution in [3.05, 3.63) is 18.6 Å². The molecule has 1 saturated heterocycles. The Morgan fingerprint density at radius 1 is 1.32 bits per heavy atom. The SMILES string of the molecule is CC(=O)N1CC2CC(N(C)c3ncnc4[nH]ccc34)C[C@H]2C1. The number of nitrogens with one attached hydrogen (secondary N) is 1. The minimum Gasteiger partial charge on any atom is -0.356 e. The number of nitrogens with zero attached hydrogens (tertiary/aromatic N) is 4. The number of carbonyl (C=O) groups excluding carboxylic acids is 1. The summed E-state index contributed by atoms with van der Waals surface area (Å²) in [5, 5.41) is 1.08. The van der Waals surface area contributed by atoms with Crippen molar-refractivity contribution in [1.29, 1.82) is 0 Å². The Morgan fingerprint density at radius 3 is 2.73 bits per heavy atom. The Morgan fingerprint density at radius 2 is 2.05 bits per heavy atom. The standard InChI is InChI=1S/C16H21N5O/c1-10(22)21-7-11-5-13(6-12(11)8-21)20(2)16-14-3-4-17-15(14)18-9-19-16/h3-4,9,11-13H,5-8H2,1-2H3,(H,17,18,19)/t11-,12?,13?/m0/s1. The van der Waals surface area contributed by atoms with E-state index >= 15 is 0 Å². The van der Waals surface area contributed by atoms with Crippen LogP contribution in [0.2, 0.25) is 0 Å². The Balaban J connectivity index is 1.53. The first kappa shape index (κ1) is 13.5. The van der Waals surface area contributed by atoms with E-state index in [1.165, 1.54) is 0 Å². The molecular formula is C16H21N5O. The zero-order valence-electron chi connectivity index (χ0n) is 13.0. The van der Waals surface area contributed by atoms with Gasteiger partial charge in [-0.05, 0) is 30.7 Å². The molecule has 6 heteroatoms. The van der Waals surface area contributed by atoms with E-state index in [0.717, 1.165) is 42.8 Å². The van der Waals surface area contributed by atoms with Crippen LogP contribution >= 0.6 is 0 Å². The topological polar surface area (TPSA) is 65.1 Å². The molecule has 0 bridgehead atoms. The molecule has 0 aromatic carbocycles. The van der Waals surface area contributed by atoms with Crippen molar-refractivity contribution in [2.45, 2.75) is 25.8 Å². The number of aromatic nitrogens is 3. The second kappa shape index (κ2) is 4.97. The number of aromatic amines is 1. The summed E-state index contributed by atoms with van der Waals surface area (Å²) in [7, 11) is 2.13. The average molecular weight is 299 g/mol. The number of hydrogen-bond acceptors (Lipinski definition) is 4. The van der Waals surface area contributed by atoms with E-state index < -0.39 is 0 Å². The van der Waals surface area contributed by atoms with Crippen LogP contribution in [0, 0.1) is 11.8 Å². The molecule has 6 nitrogen and oxygen atoms in total. The van der Waals surface area contributed by atoms with E-state index in [4.69, 9.17) is 0 Å². The average Bonchev–Trinajstić information content (AvgIpc) is 3.18. The van der Waals surface area contributed by atoms with Gasteiger partial charge in [-0.25, -0.2) is 9.97 Å². The number of H-pyrrole nitrogens is 1. The summed E-state index contributed by atoms with van der Waals surface area (Å²) in [4.78, 5) is 27.7. The van der Waals surface area contributed by atoms with Gasteiger partial charge in [-0.15, -0.1) is 0 Å². The molecule has 3 heterocycles. The molecule has 2 aromatic heterocycles. The first-order valence-corrected chi connectivity index (χ1v) is 7.90. The van der Waals surface area contributed by atoms with Crippen LogP contribution in [0.25, 0.3) is 11.0 Å². The molecule has 1 N–H and O–H groups in total. The highest BCUT2D eigenvalue weighted by Crippen LogP contribution is 2.41. The maximum atomic E-state index is 11.5. The van der Waals surface area contributed by atoms with Gasteiger partial charge in [0.05, 0.1) is 5.39 Å². The van der Waals surface area contributed by atoms with Crippen LogP contribution < -0.4 is 4.90 Å². The molecule has 116 valence electrons. The molecule has 1 amide bonds. The molecule has 1 saturated carbocycles. The maximum absolute atomic E-state index is 11.5. The predicted molar refractivity (Wildman–Crippen MR) is 84.5 cm³/mol. The molecular weight excluding hydrogens is 278 g/mol. The number of hydrogen-bond donors (Lipinski definition) is 1. The summed E-state index contributed by atoms with van der Waals surface area (Å²) in [6.07, 6.45) is 5.81. The zero-order valence-corrected chi connectivity index (χ0v) is 13.0. The van der Waals surface area contributed by atoms with Gasteiger partial charge in [0.15, 0.2) is 0 Å². The number of carbonyl (C=O) groups is 1. The van der Waals surface area contributed by atoms with Gasteiger partial charge >= 0.3 is 0 Å². The highest BCUT2D eigenvalue weighted by atomic mass is 16.2. The summed E-state index contributed by atoms with van der Waals surface area (Å²) in [6, 6.07) is 2.53. The molecule has 2 aromatic rings. The molecule has 2 fully saturated rings. The fraction of sp³-hybridized carbons (Fsp3) is 0.562. The van der Waals surface area contributed by atoms with Crippen molar-refractivity contribution in [3.63, 3.8) is 0 Å². The number of rotatable bonds is 2. The van der Waals surface area contributed by atoms with Crippen LogP contribution in [0.15, 0.2) is 18.6 Å². The third-order valence-corrected chi connectivity index (χ3v) is 5.39. The van der Waals surface area contributed by atoms with E-state index in [2.05, 4.69) is 26.9 Å². The van der Waals surface area contributed by atoms with Gasteiger partial charge in [0.1, 0.15) is 17.8 Å². The van der Waals surface area contributed by atoms with E-state index in [-0.39, 0.29) is 5.91 Å². The number of fused-ring (bicyclic) bond motifs is 2. The van der Waals surface area contributed by atoms with Gasteiger partial charge in [-0.2, -0.15) is 0 Å². The monoisotopic (exact) mass is 299 g/mol. The van der Waals surface area contributed by atoms with Crippen LogP contribution in [0.1, 0.15) is 19.8 Å². The lowest BCUT2D eigenvalue weighted by Gasteiger charge is -2.27. The van der Waals surface area contributed by atoms with Gasteiger partial charge in [-0.3, -0.25) is 4.79 Å². The molecule has 0 spiro atoms. The lowest BCUT2D eigenvalue weighted by molar-refractivity contribution is -0.128. The molecule has 1 aliphatic heterocycles. The summed E-state index contributed by atoms with van der Waals surface area (Å²) in [6.45, 7) is 3.52. The van der Waals surface area contributed by atoms with Gasteiger partial charge < -0.3 is 14.8 Å². The first-order chi connectivity index (χ1) is 10.6. The molecule has 2 aliphatic rings. The summed E-state index contributed by atoms with van der Waals surface area (Å²) in [5.74, 6) is 2.49. The molecule has 2 unspecified atom stereocenters. The van der Waals surface area contributed by atoms with Crippen LogP contribution in [-0.2, 0) is 4.79 Å². The summed E-state index contributed by atoms with van der Waals surface area (Å²) < 4.78 is 0. The lowest BCUT2D eigenvalue weighted by Crippen LogP contribution is -2.33. The van der Waals surface area contributed by atoms with Gasteiger partial charge in [-0.1, -0.05) is 0 Å². The molecule has 1 aliphatic carbocycles. The first-order valence-electron chi connectivity index (χ1n) is 7.90. The van der Waals surface area contributed by atoms with Crippen LogP contribution in [0.4, 0.5) is 5.82 Å². The molecule has 4 rings (SSSR count). The quantitative estimate of drug-likeness (QED) is 0.916. The van der Waals surface area contributed by atoms with Crippen LogP contribution in [-0.4, -0.2) is 51.9 Å². The minimum atomic E-state index is 0.212. The van der Waals surface area contributed by atoms with Crippen molar-refractivity contribution in [2.24, 2.45) is 11.8 Å². The van der Waals surface area contributed by atoms with Crippen LogP contribution in [0.3, 0.4) is 0 Å². The third kappa shape index (κ3) is 2.05. The molecule has 22 heavy (non-hydrogen) atoms. The number of anilines is 1. The van der Waals surface area contributed by atoms with Gasteiger partial charge in [0, 0.05) is 39.3 Å². The van der Waals surface area contributed by atoms with Crippen LogP contribution in [0.5, 0.6) is 0 Å². The van der Waals surface area contributed by atoms with Crippen molar-refractivity contribution in [3.8, 4) is 0 Å². The van der Waals surface area contributed by atoms with Gasteiger partial charge in [0.2, 0.25) is 5.91 Å². The second-order valence-corrected chi connectivity index (χ2v) is 6.62. The van der Waals surface area contributed by atoms with Crippen molar-refractivity contribution >= 4 is 22.8 Å². The number of likely N-dealkylation sites (tertiary alicyclic amines) is 1. The maximum Gasteiger partial charge on any atom is 0.219 e. The Labute approximate surface area is 129 Å². The molecule has 3 atom stereocenters. The highest BCUT2D eigenvalue weighted by Gasteiger charge is 2.43. The largest absolute Gasteiger partial charge is 0.356 e. The second-order valence-electron chi connectivity index (χ2n) is 6.62. The molecule has 0 radical (unpaired) electrons. The Bertz CT molecular complexity index is 697. The van der Waals surface area contributed by atoms with Gasteiger partial charge in [0.25, 0.3) is 0 Å². The van der Waals surface area contributed by atoms with Crippen molar-refractivity contribution < 1.29 is 4.79 Å². The van der Waals surface area contributed by atoms with E-state index in [1.807, 2.05) is 17.2 Å². The Hall–Kier alpha value is -2.11. The summed E-state index contributed by atoms with van der Waals surface area (Å²) >= 11 is 0. The fourth-order valence-electron chi connectivity index (χ4n) is 4.15.